The molecule has 148 valence electrons. The second kappa shape index (κ2) is 8.18. The molecule has 29 heavy (non-hydrogen) atoms. The van der Waals surface area contributed by atoms with Gasteiger partial charge in [-0.1, -0.05) is 30.3 Å². The van der Waals surface area contributed by atoms with Crippen molar-refractivity contribution in [3.8, 4) is 11.4 Å². The minimum Gasteiger partial charge on any atom is -0.495 e. The standard InChI is InChI=1S/C22H22N4O3/c1-29-20-10-6-5-9-19(20)25-15-17(11-21(25)27)22(28)23-12-16-13-24-26(14-16)18-7-3-2-4-8-18/h2-10,13-14,17H,11-12,15H2,1H3,(H,23,28)/t17-/m1/s1. The normalized spacial score (nSPS) is 16.1. The molecule has 0 bridgehead atoms. The number of aromatic nitrogens is 2. The number of carbonyl (C=O) groups is 2. The van der Waals surface area contributed by atoms with Crippen LogP contribution in [0.5, 0.6) is 5.75 Å². The Hall–Kier alpha value is -3.61. The maximum absolute atomic E-state index is 12.6. The van der Waals surface area contributed by atoms with Gasteiger partial charge in [-0.2, -0.15) is 5.10 Å². The minimum atomic E-state index is -0.392. The Labute approximate surface area is 168 Å². The smallest absolute Gasteiger partial charge is 0.227 e. The molecule has 0 aliphatic carbocycles. The molecular formula is C22H22N4O3. The van der Waals surface area contributed by atoms with Gasteiger partial charge in [-0.15, -0.1) is 0 Å². The zero-order chi connectivity index (χ0) is 20.2. The van der Waals surface area contributed by atoms with Crippen LogP contribution in [0.3, 0.4) is 0 Å². The van der Waals surface area contributed by atoms with Gasteiger partial charge in [0.25, 0.3) is 0 Å². The molecule has 0 saturated carbocycles. The van der Waals surface area contributed by atoms with Gasteiger partial charge in [0.1, 0.15) is 5.75 Å². The van der Waals surface area contributed by atoms with Crippen molar-refractivity contribution >= 4 is 17.5 Å². The van der Waals surface area contributed by atoms with E-state index in [0.717, 1.165) is 11.3 Å². The summed E-state index contributed by atoms with van der Waals surface area (Å²) in [7, 11) is 1.57. The van der Waals surface area contributed by atoms with Crippen molar-refractivity contribution in [2.24, 2.45) is 5.92 Å². The summed E-state index contributed by atoms with van der Waals surface area (Å²) in [5, 5.41) is 7.26. The zero-order valence-corrected chi connectivity index (χ0v) is 16.1. The Bertz CT molecular complexity index is 1020. The number of rotatable bonds is 6. The van der Waals surface area contributed by atoms with E-state index in [1.165, 1.54) is 0 Å². The summed E-state index contributed by atoms with van der Waals surface area (Å²) in [5.41, 5.74) is 2.55. The lowest BCUT2D eigenvalue weighted by Crippen LogP contribution is -2.32. The molecule has 1 fully saturated rings. The van der Waals surface area contributed by atoms with Crippen molar-refractivity contribution in [2.75, 3.05) is 18.6 Å². The minimum absolute atomic E-state index is 0.0773. The molecule has 1 aromatic heterocycles. The summed E-state index contributed by atoms with van der Waals surface area (Å²) in [6, 6.07) is 17.1. The highest BCUT2D eigenvalue weighted by Crippen LogP contribution is 2.32. The SMILES string of the molecule is COc1ccccc1N1C[C@H](C(=O)NCc2cnn(-c3ccccc3)c2)CC1=O. The summed E-state index contributed by atoms with van der Waals surface area (Å²) in [5.74, 6) is 0.0153. The second-order valence-corrected chi connectivity index (χ2v) is 6.92. The van der Waals surface area contributed by atoms with E-state index in [-0.39, 0.29) is 18.2 Å². The molecule has 2 amide bonds. The van der Waals surface area contributed by atoms with Gasteiger partial charge in [0.05, 0.1) is 30.6 Å². The van der Waals surface area contributed by atoms with Gasteiger partial charge < -0.3 is 15.0 Å². The van der Waals surface area contributed by atoms with Gasteiger partial charge in [0, 0.05) is 31.3 Å². The molecule has 1 aliphatic rings. The highest BCUT2D eigenvalue weighted by atomic mass is 16.5. The highest BCUT2D eigenvalue weighted by Gasteiger charge is 2.36. The van der Waals surface area contributed by atoms with Crippen LogP contribution in [0.4, 0.5) is 5.69 Å². The van der Waals surface area contributed by atoms with Crippen LogP contribution in [-0.4, -0.2) is 35.2 Å². The van der Waals surface area contributed by atoms with E-state index >= 15 is 0 Å². The van der Waals surface area contributed by atoms with Crippen LogP contribution in [0.25, 0.3) is 5.69 Å². The molecule has 0 radical (unpaired) electrons. The van der Waals surface area contributed by atoms with E-state index in [9.17, 15) is 9.59 Å². The predicted octanol–water partition coefficient (Wildman–Crippen LogP) is 2.55. The van der Waals surface area contributed by atoms with E-state index in [0.29, 0.717) is 24.5 Å². The third-order valence-electron chi connectivity index (χ3n) is 5.00. The molecule has 2 heterocycles. The fourth-order valence-corrected chi connectivity index (χ4v) is 3.48. The molecule has 4 rings (SSSR count). The topological polar surface area (TPSA) is 76.5 Å². The lowest BCUT2D eigenvalue weighted by molar-refractivity contribution is -0.126. The first-order valence-corrected chi connectivity index (χ1v) is 9.46. The van der Waals surface area contributed by atoms with E-state index < -0.39 is 5.92 Å². The number of nitrogens with one attached hydrogen (secondary N) is 1. The molecule has 7 heteroatoms. The van der Waals surface area contributed by atoms with Crippen LogP contribution in [0.2, 0.25) is 0 Å². The average molecular weight is 390 g/mol. The molecule has 1 aliphatic heterocycles. The van der Waals surface area contributed by atoms with Gasteiger partial charge >= 0.3 is 0 Å². The number of hydrogen-bond donors (Lipinski definition) is 1. The van der Waals surface area contributed by atoms with Crippen molar-refractivity contribution in [2.45, 2.75) is 13.0 Å². The zero-order valence-electron chi connectivity index (χ0n) is 16.1. The summed E-state index contributed by atoms with van der Waals surface area (Å²) >= 11 is 0. The van der Waals surface area contributed by atoms with Gasteiger partial charge in [-0.3, -0.25) is 9.59 Å². The molecule has 0 unspecified atom stereocenters. The Balaban J connectivity index is 1.37. The van der Waals surface area contributed by atoms with Crippen LogP contribution in [0.1, 0.15) is 12.0 Å². The first kappa shape index (κ1) is 18.7. The molecule has 7 nitrogen and oxygen atoms in total. The Morgan fingerprint density at radius 1 is 1.17 bits per heavy atom. The average Bonchev–Trinajstić information content (AvgIpc) is 3.39. The summed E-state index contributed by atoms with van der Waals surface area (Å²) in [4.78, 5) is 26.7. The number of methoxy groups -OCH3 is 1. The van der Waals surface area contributed by atoms with Crippen LogP contribution in [-0.2, 0) is 16.1 Å². The third kappa shape index (κ3) is 3.99. The largest absolute Gasteiger partial charge is 0.495 e. The van der Waals surface area contributed by atoms with Crippen molar-refractivity contribution in [3.05, 3.63) is 72.6 Å². The number of nitrogens with zero attached hydrogens (tertiary/aromatic N) is 3. The summed E-state index contributed by atoms with van der Waals surface area (Å²) < 4.78 is 7.11. The van der Waals surface area contributed by atoms with Crippen molar-refractivity contribution < 1.29 is 14.3 Å². The molecule has 3 aromatic rings. The summed E-state index contributed by atoms with van der Waals surface area (Å²) in [6.45, 7) is 0.708. The fraction of sp³-hybridized carbons (Fsp3) is 0.227. The van der Waals surface area contributed by atoms with Gasteiger partial charge in [0.15, 0.2) is 0 Å². The third-order valence-corrected chi connectivity index (χ3v) is 5.00. The number of anilines is 1. The van der Waals surface area contributed by atoms with Gasteiger partial charge in [0.2, 0.25) is 11.8 Å². The van der Waals surface area contributed by atoms with Crippen molar-refractivity contribution in [1.82, 2.24) is 15.1 Å². The fourth-order valence-electron chi connectivity index (χ4n) is 3.48. The monoisotopic (exact) mass is 390 g/mol. The first-order valence-electron chi connectivity index (χ1n) is 9.46. The van der Waals surface area contributed by atoms with E-state index in [4.69, 9.17) is 4.74 Å². The van der Waals surface area contributed by atoms with Gasteiger partial charge in [-0.05, 0) is 24.3 Å². The maximum Gasteiger partial charge on any atom is 0.227 e. The number of benzene rings is 2. The highest BCUT2D eigenvalue weighted by molar-refractivity contribution is 6.01. The van der Waals surface area contributed by atoms with Crippen molar-refractivity contribution in [1.29, 1.82) is 0 Å². The quantitative estimate of drug-likeness (QED) is 0.702. The van der Waals surface area contributed by atoms with E-state index in [1.807, 2.05) is 54.7 Å². The number of amides is 2. The number of carbonyl (C=O) groups excluding carboxylic acids is 2. The molecule has 1 atom stereocenters. The lowest BCUT2D eigenvalue weighted by Gasteiger charge is -2.19. The number of ether oxygens (including phenoxy) is 1. The Morgan fingerprint density at radius 2 is 1.93 bits per heavy atom. The molecular weight excluding hydrogens is 368 g/mol. The Kier molecular flexibility index (Phi) is 5.29. The molecule has 0 spiro atoms. The van der Waals surface area contributed by atoms with Crippen LogP contribution >= 0.6 is 0 Å². The van der Waals surface area contributed by atoms with Crippen LogP contribution in [0, 0.1) is 5.92 Å². The summed E-state index contributed by atoms with van der Waals surface area (Å²) in [6.07, 6.45) is 3.80. The molecule has 1 N–H and O–H groups in total. The van der Waals surface area contributed by atoms with Crippen LogP contribution < -0.4 is 15.0 Å². The predicted molar refractivity (Wildman–Crippen MR) is 109 cm³/mol. The van der Waals surface area contributed by atoms with Crippen LogP contribution in [0.15, 0.2) is 67.0 Å². The number of hydrogen-bond acceptors (Lipinski definition) is 4. The van der Waals surface area contributed by atoms with E-state index in [2.05, 4.69) is 10.4 Å². The lowest BCUT2D eigenvalue weighted by atomic mass is 10.1. The molecule has 1 saturated heterocycles. The van der Waals surface area contributed by atoms with Crippen molar-refractivity contribution in [3.63, 3.8) is 0 Å². The Morgan fingerprint density at radius 3 is 2.72 bits per heavy atom. The first-order chi connectivity index (χ1) is 14.2. The molecule has 2 aromatic carbocycles. The second-order valence-electron chi connectivity index (χ2n) is 6.92. The number of para-hydroxylation sites is 3. The maximum atomic E-state index is 12.6. The van der Waals surface area contributed by atoms with E-state index in [1.54, 1.807) is 29.0 Å². The van der Waals surface area contributed by atoms with Gasteiger partial charge in [-0.25, -0.2) is 4.68 Å².